The number of imidazole rings is 2. The van der Waals surface area contributed by atoms with Crippen molar-refractivity contribution in [3.63, 3.8) is 0 Å². The van der Waals surface area contributed by atoms with E-state index in [4.69, 9.17) is 14.7 Å². The third-order valence-corrected chi connectivity index (χ3v) is 11.0. The molecule has 2 aromatic heterocycles. The molecule has 6 aromatic rings. The summed E-state index contributed by atoms with van der Waals surface area (Å²) in [5.41, 5.74) is 4.85. The minimum Gasteiger partial charge on any atom is -0.453 e. The summed E-state index contributed by atoms with van der Waals surface area (Å²) in [4.78, 5) is 89.8. The van der Waals surface area contributed by atoms with E-state index in [1.54, 1.807) is 58.3 Å². The normalized spacial score (nSPS) is 17.7. The summed E-state index contributed by atoms with van der Waals surface area (Å²) >= 11 is 0. The molecule has 3 N–H and O–H groups in total. The molecule has 0 spiro atoms. The highest BCUT2D eigenvalue weighted by Crippen LogP contribution is 2.36. The van der Waals surface area contributed by atoms with Crippen LogP contribution >= 0.6 is 0 Å². The topological polar surface area (TPSA) is 192 Å². The van der Waals surface area contributed by atoms with E-state index in [-0.39, 0.29) is 29.7 Å². The maximum atomic E-state index is 14.0. The zero-order valence-corrected chi connectivity index (χ0v) is 32.5. The summed E-state index contributed by atoms with van der Waals surface area (Å²) in [5, 5.41) is 2.69. The third-order valence-electron chi connectivity index (χ3n) is 11.0. The van der Waals surface area contributed by atoms with E-state index in [1.807, 2.05) is 48.5 Å². The molecule has 15 heteroatoms. The molecule has 4 amide bonds. The Kier molecular flexibility index (Phi) is 11.0. The van der Waals surface area contributed by atoms with Crippen LogP contribution in [-0.4, -0.2) is 93.0 Å². The minimum atomic E-state index is -0.938. The molecule has 59 heavy (non-hydrogen) atoms. The summed E-state index contributed by atoms with van der Waals surface area (Å²) in [6, 6.07) is 27.1. The van der Waals surface area contributed by atoms with Gasteiger partial charge in [0.1, 0.15) is 17.7 Å². The number of hydrogen-bond donors (Lipinski definition) is 3. The Morgan fingerprint density at radius 2 is 1.24 bits per heavy atom. The van der Waals surface area contributed by atoms with Crippen LogP contribution < -0.4 is 5.32 Å². The van der Waals surface area contributed by atoms with Crippen molar-refractivity contribution in [3.8, 4) is 0 Å². The van der Waals surface area contributed by atoms with Crippen LogP contribution in [0.15, 0.2) is 102 Å². The maximum Gasteiger partial charge on any atom is 0.432 e. The third kappa shape index (κ3) is 7.91. The Bertz CT molecular complexity index is 2570. The first-order valence-corrected chi connectivity index (χ1v) is 19.4. The van der Waals surface area contributed by atoms with Gasteiger partial charge in [-0.15, -0.1) is 0 Å². The van der Waals surface area contributed by atoms with E-state index in [0.717, 1.165) is 12.8 Å². The van der Waals surface area contributed by atoms with Gasteiger partial charge in [-0.1, -0.05) is 60.7 Å². The quantitative estimate of drug-likeness (QED) is 0.0998. The average Bonchev–Trinajstić information content (AvgIpc) is 4.11. The number of rotatable bonds is 10. The first kappa shape index (κ1) is 38.7. The standard InChI is InChI=1S/C44H42N8O7/c1-58-43(56)45-25-30(26-11-5-3-6-12-26)41(54)51-21-9-15-35(51)39-46-31-19-17-28(23-33(31)48-39)38(53)29-18-20-32-34(24-29)49-40(47-32)36-16-10-22-52(36)42(55)37(50-44(57)59-2)27-13-7-4-8-14-27/h3-8,11-14,17-20,23-25,30,35-37H,9-10,15-16,21-22H2,1-2H3,(H,46,48)(H,47,49)(H,50,57). The van der Waals surface area contributed by atoms with Crippen molar-refractivity contribution in [2.24, 2.45) is 4.99 Å². The number of fused-ring (bicyclic) bond motifs is 2. The van der Waals surface area contributed by atoms with Crippen LogP contribution in [0.5, 0.6) is 0 Å². The highest BCUT2D eigenvalue weighted by atomic mass is 16.5. The van der Waals surface area contributed by atoms with Gasteiger partial charge in [-0.25, -0.2) is 19.6 Å². The second-order valence-corrected chi connectivity index (χ2v) is 14.5. The lowest BCUT2D eigenvalue weighted by Crippen LogP contribution is -2.42. The molecule has 4 heterocycles. The molecule has 2 aliphatic heterocycles. The van der Waals surface area contributed by atoms with Gasteiger partial charge < -0.3 is 34.6 Å². The smallest absolute Gasteiger partial charge is 0.432 e. The van der Waals surface area contributed by atoms with Crippen LogP contribution in [-0.2, 0) is 19.1 Å². The summed E-state index contributed by atoms with van der Waals surface area (Å²) in [6.07, 6.45) is 2.71. The number of carbonyl (C=O) groups excluding carboxylic acids is 5. The van der Waals surface area contributed by atoms with Crippen molar-refractivity contribution in [2.45, 2.75) is 49.7 Å². The Balaban J connectivity index is 1.01. The molecule has 0 aliphatic carbocycles. The number of nitrogens with one attached hydrogen (secondary N) is 3. The fourth-order valence-corrected chi connectivity index (χ4v) is 8.05. The first-order chi connectivity index (χ1) is 28.7. The number of amides is 4. The van der Waals surface area contributed by atoms with E-state index >= 15 is 0 Å². The lowest BCUT2D eigenvalue weighted by Gasteiger charge is -2.28. The van der Waals surface area contributed by atoms with Crippen LogP contribution in [0.25, 0.3) is 22.1 Å². The molecule has 2 saturated heterocycles. The Morgan fingerprint density at radius 3 is 1.76 bits per heavy atom. The van der Waals surface area contributed by atoms with Crippen LogP contribution in [0.3, 0.4) is 0 Å². The van der Waals surface area contributed by atoms with E-state index in [9.17, 15) is 24.0 Å². The van der Waals surface area contributed by atoms with Gasteiger partial charge >= 0.3 is 12.2 Å². The van der Waals surface area contributed by atoms with Crippen molar-refractivity contribution in [3.05, 3.63) is 131 Å². The summed E-state index contributed by atoms with van der Waals surface area (Å²) in [7, 11) is 2.49. The van der Waals surface area contributed by atoms with E-state index < -0.39 is 24.1 Å². The highest BCUT2D eigenvalue weighted by Gasteiger charge is 2.38. The number of alkyl carbamates (subject to hydrolysis) is 1. The SMILES string of the molecule is COC(=O)N=CC(C(=O)N1CCCC1c1nc2ccc(C(=O)c3ccc4nc(C5CCCN5C(=O)C(NC(=O)OC)c5ccccc5)[nH]c4c3)cc2[nH]1)c1ccccc1. The van der Waals surface area contributed by atoms with Crippen molar-refractivity contribution >= 4 is 58.1 Å². The van der Waals surface area contributed by atoms with Crippen molar-refractivity contribution in [1.29, 1.82) is 0 Å². The van der Waals surface area contributed by atoms with Crippen molar-refractivity contribution < 1.29 is 33.4 Å². The molecule has 2 fully saturated rings. The molecule has 0 saturated carbocycles. The number of methoxy groups -OCH3 is 2. The number of ketones is 1. The molecule has 4 unspecified atom stereocenters. The summed E-state index contributed by atoms with van der Waals surface area (Å²) < 4.78 is 9.49. The summed E-state index contributed by atoms with van der Waals surface area (Å²) in [6.45, 7) is 0.997. The number of hydrogen-bond acceptors (Lipinski definition) is 9. The summed E-state index contributed by atoms with van der Waals surface area (Å²) in [5.74, 6) is -0.279. The molecule has 300 valence electrons. The molecular formula is C44H42N8O7. The van der Waals surface area contributed by atoms with E-state index in [1.165, 1.54) is 20.4 Å². The van der Waals surface area contributed by atoms with Crippen LogP contribution in [0.2, 0.25) is 0 Å². The molecule has 15 nitrogen and oxygen atoms in total. The van der Waals surface area contributed by atoms with Gasteiger partial charge in [0.15, 0.2) is 5.78 Å². The molecule has 2 aliphatic rings. The van der Waals surface area contributed by atoms with Gasteiger partial charge in [0.2, 0.25) is 5.91 Å². The monoisotopic (exact) mass is 794 g/mol. The molecule has 0 bridgehead atoms. The number of aromatic amines is 2. The second-order valence-electron chi connectivity index (χ2n) is 14.5. The highest BCUT2D eigenvalue weighted by molar-refractivity contribution is 6.11. The van der Waals surface area contributed by atoms with Gasteiger partial charge in [0, 0.05) is 30.4 Å². The Labute approximate surface area is 338 Å². The van der Waals surface area contributed by atoms with Crippen LogP contribution in [0, 0.1) is 0 Å². The number of aliphatic imine (C=N–C) groups is 1. The van der Waals surface area contributed by atoms with E-state index in [2.05, 4.69) is 25.0 Å². The fourth-order valence-electron chi connectivity index (χ4n) is 8.05. The number of benzene rings is 4. The number of H-pyrrole nitrogens is 2. The van der Waals surface area contributed by atoms with Gasteiger partial charge in [-0.3, -0.25) is 14.4 Å². The van der Waals surface area contributed by atoms with Gasteiger partial charge in [-0.2, -0.15) is 4.99 Å². The van der Waals surface area contributed by atoms with Gasteiger partial charge in [0.25, 0.3) is 5.91 Å². The van der Waals surface area contributed by atoms with Crippen molar-refractivity contribution in [1.82, 2.24) is 35.1 Å². The molecule has 4 aromatic carbocycles. The van der Waals surface area contributed by atoms with Gasteiger partial charge in [0.05, 0.1) is 54.3 Å². The van der Waals surface area contributed by atoms with E-state index in [0.29, 0.717) is 81.9 Å². The lowest BCUT2D eigenvalue weighted by atomic mass is 9.98. The predicted octanol–water partition coefficient (Wildman–Crippen LogP) is 6.72. The Hall–Kier alpha value is -7.16. The number of carbonyl (C=O) groups is 5. The lowest BCUT2D eigenvalue weighted by molar-refractivity contribution is -0.134. The zero-order valence-electron chi connectivity index (χ0n) is 32.5. The van der Waals surface area contributed by atoms with Crippen LogP contribution in [0.4, 0.5) is 9.59 Å². The Morgan fingerprint density at radius 1 is 0.712 bits per heavy atom. The minimum absolute atomic E-state index is 0.202. The van der Waals surface area contributed by atoms with Crippen molar-refractivity contribution in [2.75, 3.05) is 27.3 Å². The second kappa shape index (κ2) is 16.7. The number of nitrogens with zero attached hydrogens (tertiary/aromatic N) is 5. The zero-order chi connectivity index (χ0) is 41.0. The van der Waals surface area contributed by atoms with Crippen LogP contribution in [0.1, 0.15) is 88.4 Å². The molecular weight excluding hydrogens is 753 g/mol. The molecule has 4 atom stereocenters. The number of aromatic nitrogens is 4. The first-order valence-electron chi connectivity index (χ1n) is 19.4. The maximum absolute atomic E-state index is 14.0. The number of likely N-dealkylation sites (tertiary alicyclic amines) is 2. The predicted molar refractivity (Wildman–Crippen MR) is 218 cm³/mol. The molecule has 8 rings (SSSR count). The fraction of sp³-hybridized carbons (Fsp3) is 0.273. The molecule has 0 radical (unpaired) electrons. The van der Waals surface area contributed by atoms with Gasteiger partial charge in [-0.05, 0) is 73.2 Å². The number of ether oxygens (including phenoxy) is 2. The average molecular weight is 795 g/mol. The largest absolute Gasteiger partial charge is 0.453 e.